The third-order valence-corrected chi connectivity index (χ3v) is 4.82. The minimum absolute atomic E-state index is 0.610. The minimum Gasteiger partial charge on any atom is -0.497 e. The van der Waals surface area contributed by atoms with E-state index < -0.39 is 0 Å². The predicted molar refractivity (Wildman–Crippen MR) is 95.6 cm³/mol. The Hall–Kier alpha value is -1.69. The summed E-state index contributed by atoms with van der Waals surface area (Å²) in [6, 6.07) is 12.3. The molecule has 0 fully saturated rings. The van der Waals surface area contributed by atoms with Crippen LogP contribution in [0.2, 0.25) is 0 Å². The number of methoxy groups -OCH3 is 2. The Bertz CT molecular complexity index is 591. The number of benzene rings is 2. The summed E-state index contributed by atoms with van der Waals surface area (Å²) in [6.45, 7) is 1.22. The van der Waals surface area contributed by atoms with Crippen molar-refractivity contribution in [1.29, 1.82) is 0 Å². The highest BCUT2D eigenvalue weighted by Gasteiger charge is 2.10. The van der Waals surface area contributed by atoms with Gasteiger partial charge in [-0.05, 0) is 73.5 Å². The zero-order chi connectivity index (χ0) is 16.7. The van der Waals surface area contributed by atoms with Crippen molar-refractivity contribution < 1.29 is 9.47 Å². The van der Waals surface area contributed by atoms with E-state index in [1.807, 2.05) is 12.1 Å². The predicted octanol–water partition coefficient (Wildman–Crippen LogP) is 2.86. The molecule has 4 N–H and O–H groups in total. The summed E-state index contributed by atoms with van der Waals surface area (Å²) in [5.74, 6) is 1.71. The lowest BCUT2D eigenvalue weighted by Crippen LogP contribution is -2.05. The number of rotatable bonds is 8. The Morgan fingerprint density at radius 1 is 0.783 bits per heavy atom. The lowest BCUT2D eigenvalue weighted by molar-refractivity contribution is 0.414. The molecule has 0 unspecified atom stereocenters. The van der Waals surface area contributed by atoms with Crippen LogP contribution in [-0.4, -0.2) is 27.3 Å². The molecule has 2 aromatic rings. The smallest absolute Gasteiger partial charge is 0.119 e. The highest BCUT2D eigenvalue weighted by Crippen LogP contribution is 2.36. The maximum atomic E-state index is 5.75. The fraction of sp³-hybridized carbons (Fsp3) is 0.333. The monoisotopic (exact) mass is 332 g/mol. The summed E-state index contributed by atoms with van der Waals surface area (Å²) in [4.78, 5) is 2.39. The maximum absolute atomic E-state index is 5.75. The quantitative estimate of drug-likeness (QED) is 0.778. The molecule has 0 aliphatic carbocycles. The molecule has 5 heteroatoms. The number of hydrogen-bond acceptors (Lipinski definition) is 5. The van der Waals surface area contributed by atoms with E-state index >= 15 is 0 Å². The highest BCUT2D eigenvalue weighted by atomic mass is 32.2. The molecular formula is C18H24N2O2S. The van der Waals surface area contributed by atoms with Gasteiger partial charge in [-0.15, -0.1) is 0 Å². The fourth-order valence-corrected chi connectivity index (χ4v) is 3.48. The first-order chi connectivity index (χ1) is 11.2. The third kappa shape index (κ3) is 4.64. The largest absolute Gasteiger partial charge is 0.497 e. The Balaban J connectivity index is 2.34. The van der Waals surface area contributed by atoms with Gasteiger partial charge in [-0.2, -0.15) is 0 Å². The van der Waals surface area contributed by atoms with E-state index in [-0.39, 0.29) is 0 Å². The summed E-state index contributed by atoms with van der Waals surface area (Å²) in [5.41, 5.74) is 13.9. The van der Waals surface area contributed by atoms with Crippen LogP contribution in [0.1, 0.15) is 11.1 Å². The first kappa shape index (κ1) is 17.7. The van der Waals surface area contributed by atoms with Crippen molar-refractivity contribution in [3.05, 3.63) is 47.5 Å². The van der Waals surface area contributed by atoms with Crippen molar-refractivity contribution >= 4 is 11.8 Å². The van der Waals surface area contributed by atoms with Crippen LogP contribution in [0.5, 0.6) is 11.5 Å². The molecule has 0 radical (unpaired) electrons. The molecule has 0 saturated heterocycles. The van der Waals surface area contributed by atoms with Crippen LogP contribution in [0.3, 0.4) is 0 Å². The van der Waals surface area contributed by atoms with E-state index in [1.54, 1.807) is 26.0 Å². The molecule has 23 heavy (non-hydrogen) atoms. The Kier molecular flexibility index (Phi) is 6.77. The molecule has 2 aromatic carbocycles. The van der Waals surface area contributed by atoms with Crippen molar-refractivity contribution in [2.24, 2.45) is 11.5 Å². The van der Waals surface area contributed by atoms with Gasteiger partial charge in [-0.25, -0.2) is 0 Å². The third-order valence-electron chi connectivity index (χ3n) is 3.58. The molecule has 0 aliphatic heterocycles. The Morgan fingerprint density at radius 3 is 1.57 bits per heavy atom. The van der Waals surface area contributed by atoms with E-state index in [1.165, 1.54) is 20.9 Å². The standard InChI is InChI=1S/C18H24N2O2S/c1-21-15-3-5-17(13(11-15)7-9-19)23-18-6-4-16(22-2)12-14(18)8-10-20/h3-6,11-12H,7-10,19-20H2,1-2H3. The SMILES string of the molecule is COc1ccc(Sc2ccc(OC)cc2CCN)c(CCN)c1. The van der Waals surface area contributed by atoms with E-state index in [0.717, 1.165) is 24.3 Å². The maximum Gasteiger partial charge on any atom is 0.119 e. The van der Waals surface area contributed by atoms with E-state index in [2.05, 4.69) is 24.3 Å². The minimum atomic E-state index is 0.610. The van der Waals surface area contributed by atoms with Crippen molar-refractivity contribution in [3.8, 4) is 11.5 Å². The van der Waals surface area contributed by atoms with E-state index in [9.17, 15) is 0 Å². The van der Waals surface area contributed by atoms with Crippen LogP contribution in [0, 0.1) is 0 Å². The molecule has 4 nitrogen and oxygen atoms in total. The Morgan fingerprint density at radius 2 is 1.22 bits per heavy atom. The summed E-state index contributed by atoms with van der Waals surface area (Å²) < 4.78 is 10.6. The van der Waals surface area contributed by atoms with Crippen LogP contribution in [0.25, 0.3) is 0 Å². The number of nitrogens with two attached hydrogens (primary N) is 2. The van der Waals surface area contributed by atoms with Crippen LogP contribution >= 0.6 is 11.8 Å². The molecule has 0 aromatic heterocycles. The van der Waals surface area contributed by atoms with Gasteiger partial charge in [0.25, 0.3) is 0 Å². The van der Waals surface area contributed by atoms with Gasteiger partial charge in [0.1, 0.15) is 11.5 Å². The topological polar surface area (TPSA) is 70.5 Å². The zero-order valence-electron chi connectivity index (χ0n) is 13.7. The zero-order valence-corrected chi connectivity index (χ0v) is 14.5. The van der Waals surface area contributed by atoms with Gasteiger partial charge < -0.3 is 20.9 Å². The summed E-state index contributed by atoms with van der Waals surface area (Å²) >= 11 is 1.74. The van der Waals surface area contributed by atoms with Crippen molar-refractivity contribution in [1.82, 2.24) is 0 Å². The van der Waals surface area contributed by atoms with E-state index in [4.69, 9.17) is 20.9 Å². The van der Waals surface area contributed by atoms with Gasteiger partial charge in [0.2, 0.25) is 0 Å². The highest BCUT2D eigenvalue weighted by molar-refractivity contribution is 7.99. The van der Waals surface area contributed by atoms with Crippen molar-refractivity contribution in [2.45, 2.75) is 22.6 Å². The number of ether oxygens (including phenoxy) is 2. The summed E-state index contributed by atoms with van der Waals surface area (Å²) in [7, 11) is 3.36. The first-order valence-electron chi connectivity index (χ1n) is 7.63. The van der Waals surface area contributed by atoms with Gasteiger partial charge in [0, 0.05) is 9.79 Å². The van der Waals surface area contributed by atoms with Crippen LogP contribution in [-0.2, 0) is 12.8 Å². The molecule has 0 atom stereocenters. The molecule has 0 spiro atoms. The van der Waals surface area contributed by atoms with Crippen molar-refractivity contribution in [2.75, 3.05) is 27.3 Å². The lowest BCUT2D eigenvalue weighted by atomic mass is 10.1. The number of hydrogen-bond donors (Lipinski definition) is 2. The molecule has 0 saturated carbocycles. The van der Waals surface area contributed by atoms with E-state index in [0.29, 0.717) is 13.1 Å². The molecule has 0 bridgehead atoms. The summed E-state index contributed by atoms with van der Waals surface area (Å²) in [6.07, 6.45) is 1.64. The first-order valence-corrected chi connectivity index (χ1v) is 8.45. The average molecular weight is 332 g/mol. The Labute approximate surface area is 142 Å². The molecule has 2 rings (SSSR count). The average Bonchev–Trinajstić information content (AvgIpc) is 2.58. The molecular weight excluding hydrogens is 308 g/mol. The summed E-state index contributed by atoms with van der Waals surface area (Å²) in [5, 5.41) is 0. The van der Waals surface area contributed by atoms with Gasteiger partial charge in [-0.3, -0.25) is 0 Å². The second-order valence-corrected chi connectivity index (χ2v) is 6.21. The van der Waals surface area contributed by atoms with Crippen molar-refractivity contribution in [3.63, 3.8) is 0 Å². The molecule has 0 amide bonds. The van der Waals surface area contributed by atoms with Gasteiger partial charge in [0.05, 0.1) is 14.2 Å². The van der Waals surface area contributed by atoms with Gasteiger partial charge in [-0.1, -0.05) is 11.8 Å². The fourth-order valence-electron chi connectivity index (χ4n) is 2.38. The normalized spacial score (nSPS) is 10.6. The second-order valence-electron chi connectivity index (χ2n) is 5.13. The molecule has 0 heterocycles. The van der Waals surface area contributed by atoms with Gasteiger partial charge in [0.15, 0.2) is 0 Å². The van der Waals surface area contributed by atoms with Crippen LogP contribution < -0.4 is 20.9 Å². The second kappa shape index (κ2) is 8.82. The van der Waals surface area contributed by atoms with Gasteiger partial charge >= 0.3 is 0 Å². The lowest BCUT2D eigenvalue weighted by Gasteiger charge is -2.14. The van der Waals surface area contributed by atoms with Crippen LogP contribution in [0.4, 0.5) is 0 Å². The molecule has 124 valence electrons. The van der Waals surface area contributed by atoms with Crippen LogP contribution in [0.15, 0.2) is 46.2 Å². The molecule has 0 aliphatic rings.